The molecule has 23 heavy (non-hydrogen) atoms. The molecule has 2 aromatic carbocycles. The molecule has 122 valence electrons. The van der Waals surface area contributed by atoms with Gasteiger partial charge in [0.2, 0.25) is 0 Å². The number of hydrogen-bond acceptors (Lipinski definition) is 3. The van der Waals surface area contributed by atoms with Crippen LogP contribution in [0.15, 0.2) is 30.3 Å². The van der Waals surface area contributed by atoms with Gasteiger partial charge in [0.05, 0.1) is 35.6 Å². The number of thiocarbonyl (C=S) groups is 1. The van der Waals surface area contributed by atoms with Crippen molar-refractivity contribution in [1.29, 1.82) is 0 Å². The van der Waals surface area contributed by atoms with Crippen LogP contribution < -0.4 is 20.1 Å². The first-order valence-corrected chi connectivity index (χ1v) is 7.93. The lowest BCUT2D eigenvalue weighted by Crippen LogP contribution is -2.19. The van der Waals surface area contributed by atoms with E-state index in [1.54, 1.807) is 30.3 Å². The van der Waals surface area contributed by atoms with E-state index in [1.165, 1.54) is 14.2 Å². The zero-order chi connectivity index (χ0) is 17.0. The number of halogens is 3. The van der Waals surface area contributed by atoms with E-state index >= 15 is 0 Å². The maximum absolute atomic E-state index is 6.11. The second-order valence-electron chi connectivity index (χ2n) is 4.39. The number of rotatable bonds is 4. The van der Waals surface area contributed by atoms with Gasteiger partial charge in [-0.05, 0) is 30.4 Å². The van der Waals surface area contributed by atoms with E-state index in [0.717, 1.165) is 0 Å². The number of ether oxygens (including phenoxy) is 2. The molecule has 2 aromatic rings. The van der Waals surface area contributed by atoms with Gasteiger partial charge in [0.15, 0.2) is 5.11 Å². The minimum absolute atomic E-state index is 0.330. The van der Waals surface area contributed by atoms with Gasteiger partial charge in [-0.15, -0.1) is 0 Å². The molecule has 2 rings (SSSR count). The van der Waals surface area contributed by atoms with Crippen molar-refractivity contribution in [3.63, 3.8) is 0 Å². The van der Waals surface area contributed by atoms with Gasteiger partial charge in [0, 0.05) is 17.2 Å². The summed E-state index contributed by atoms with van der Waals surface area (Å²) in [6, 6.07) is 8.40. The molecule has 8 heteroatoms. The van der Waals surface area contributed by atoms with Crippen LogP contribution in [0.3, 0.4) is 0 Å². The molecule has 0 heterocycles. The van der Waals surface area contributed by atoms with Crippen molar-refractivity contribution in [1.82, 2.24) is 0 Å². The fourth-order valence-electron chi connectivity index (χ4n) is 1.82. The van der Waals surface area contributed by atoms with Gasteiger partial charge in [0.1, 0.15) is 11.5 Å². The van der Waals surface area contributed by atoms with E-state index in [2.05, 4.69) is 10.6 Å². The zero-order valence-corrected chi connectivity index (χ0v) is 15.3. The van der Waals surface area contributed by atoms with Gasteiger partial charge in [-0.3, -0.25) is 0 Å². The Labute approximate surface area is 154 Å². The van der Waals surface area contributed by atoms with Crippen LogP contribution in [0.1, 0.15) is 0 Å². The maximum atomic E-state index is 6.11. The third-order valence-electron chi connectivity index (χ3n) is 2.90. The molecule has 0 aliphatic rings. The standard InChI is InChI=1S/C15H13Cl3N2O2S/c1-21-13-7-12(14(22-2)6-10(13)18)20-15(23)19-11-4-3-8(16)5-9(11)17/h3-7H,1-2H3,(H2,19,20,23). The average molecular weight is 392 g/mol. The quantitative estimate of drug-likeness (QED) is 0.676. The summed E-state index contributed by atoms with van der Waals surface area (Å²) in [5, 5.41) is 7.78. The summed E-state index contributed by atoms with van der Waals surface area (Å²) >= 11 is 23.3. The Morgan fingerprint density at radius 2 is 1.52 bits per heavy atom. The molecule has 0 fully saturated rings. The second-order valence-corrected chi connectivity index (χ2v) is 6.05. The number of benzene rings is 2. The Morgan fingerprint density at radius 1 is 0.870 bits per heavy atom. The molecule has 0 amide bonds. The van der Waals surface area contributed by atoms with Crippen LogP contribution in [0, 0.1) is 0 Å². The monoisotopic (exact) mass is 390 g/mol. The highest BCUT2D eigenvalue weighted by Gasteiger charge is 2.12. The predicted octanol–water partition coefficient (Wildman–Crippen LogP) is 5.47. The molecule has 0 saturated heterocycles. The number of anilines is 2. The van der Waals surface area contributed by atoms with E-state index in [4.69, 9.17) is 56.5 Å². The van der Waals surface area contributed by atoms with Crippen LogP contribution in [0.25, 0.3) is 0 Å². The van der Waals surface area contributed by atoms with Crippen LogP contribution >= 0.6 is 47.0 Å². The van der Waals surface area contributed by atoms with Gasteiger partial charge in [0.25, 0.3) is 0 Å². The van der Waals surface area contributed by atoms with Gasteiger partial charge in [-0.25, -0.2) is 0 Å². The predicted molar refractivity (Wildman–Crippen MR) is 101 cm³/mol. The summed E-state index contributed by atoms with van der Waals surface area (Å²) in [7, 11) is 3.07. The van der Waals surface area contributed by atoms with Crippen molar-refractivity contribution in [3.05, 3.63) is 45.4 Å². The van der Waals surface area contributed by atoms with E-state index in [1.807, 2.05) is 0 Å². The van der Waals surface area contributed by atoms with Gasteiger partial charge in [-0.1, -0.05) is 34.8 Å². The highest BCUT2D eigenvalue weighted by atomic mass is 35.5. The Balaban J connectivity index is 2.19. The van der Waals surface area contributed by atoms with Crippen LogP contribution in [0.5, 0.6) is 11.5 Å². The topological polar surface area (TPSA) is 42.5 Å². The molecule has 0 atom stereocenters. The molecule has 0 aliphatic carbocycles. The molecular formula is C15H13Cl3N2O2S. The largest absolute Gasteiger partial charge is 0.495 e. The molecular weight excluding hydrogens is 379 g/mol. The third-order valence-corrected chi connectivity index (χ3v) is 3.95. The Kier molecular flexibility index (Phi) is 6.18. The molecule has 0 aliphatic heterocycles. The number of nitrogens with one attached hydrogen (secondary N) is 2. The first-order chi connectivity index (χ1) is 10.9. The smallest absolute Gasteiger partial charge is 0.175 e. The molecule has 0 aromatic heterocycles. The van der Waals surface area contributed by atoms with Crippen LogP contribution in [-0.4, -0.2) is 19.3 Å². The summed E-state index contributed by atoms with van der Waals surface area (Å²) in [6.45, 7) is 0. The zero-order valence-electron chi connectivity index (χ0n) is 12.2. The Morgan fingerprint density at radius 3 is 2.13 bits per heavy atom. The number of hydrogen-bond donors (Lipinski definition) is 2. The van der Waals surface area contributed by atoms with Crippen molar-refractivity contribution in [2.75, 3.05) is 24.9 Å². The lowest BCUT2D eigenvalue weighted by Gasteiger charge is -2.16. The maximum Gasteiger partial charge on any atom is 0.175 e. The van der Waals surface area contributed by atoms with Gasteiger partial charge < -0.3 is 20.1 Å². The lowest BCUT2D eigenvalue weighted by atomic mass is 10.2. The summed E-state index contributed by atoms with van der Waals surface area (Å²) in [4.78, 5) is 0. The highest BCUT2D eigenvalue weighted by molar-refractivity contribution is 7.80. The first kappa shape index (κ1) is 17.9. The Bertz CT molecular complexity index is 741. The summed E-state index contributed by atoms with van der Waals surface area (Å²) in [5.74, 6) is 1.03. The lowest BCUT2D eigenvalue weighted by molar-refractivity contribution is 0.405. The molecule has 0 radical (unpaired) electrons. The van der Waals surface area contributed by atoms with Crippen LogP contribution in [-0.2, 0) is 0 Å². The third kappa shape index (κ3) is 4.54. The van der Waals surface area contributed by atoms with E-state index in [9.17, 15) is 0 Å². The van der Waals surface area contributed by atoms with E-state index in [-0.39, 0.29) is 0 Å². The fraction of sp³-hybridized carbons (Fsp3) is 0.133. The van der Waals surface area contributed by atoms with E-state index < -0.39 is 0 Å². The molecule has 0 unspecified atom stereocenters. The molecule has 0 spiro atoms. The van der Waals surface area contributed by atoms with Crippen molar-refractivity contribution >= 4 is 63.5 Å². The highest BCUT2D eigenvalue weighted by Crippen LogP contribution is 2.36. The number of methoxy groups -OCH3 is 2. The van der Waals surface area contributed by atoms with E-state index in [0.29, 0.717) is 43.1 Å². The summed E-state index contributed by atoms with van der Waals surface area (Å²) in [5.41, 5.74) is 1.24. The fourth-order valence-corrected chi connectivity index (χ4v) is 2.73. The molecule has 2 N–H and O–H groups in total. The molecule has 4 nitrogen and oxygen atoms in total. The minimum atomic E-state index is 0.330. The van der Waals surface area contributed by atoms with Gasteiger partial charge >= 0.3 is 0 Å². The summed E-state index contributed by atoms with van der Waals surface area (Å²) < 4.78 is 10.5. The van der Waals surface area contributed by atoms with Crippen LogP contribution in [0.2, 0.25) is 15.1 Å². The van der Waals surface area contributed by atoms with Crippen molar-refractivity contribution in [2.24, 2.45) is 0 Å². The van der Waals surface area contributed by atoms with Crippen molar-refractivity contribution in [3.8, 4) is 11.5 Å². The Hall–Kier alpha value is -1.40. The van der Waals surface area contributed by atoms with Crippen molar-refractivity contribution < 1.29 is 9.47 Å². The van der Waals surface area contributed by atoms with Crippen LogP contribution in [0.4, 0.5) is 11.4 Å². The normalized spacial score (nSPS) is 10.1. The second kappa shape index (κ2) is 7.93. The molecule has 0 saturated carbocycles. The SMILES string of the molecule is COc1cc(NC(=S)Nc2ccc(Cl)cc2Cl)c(OC)cc1Cl. The minimum Gasteiger partial charge on any atom is -0.495 e. The van der Waals surface area contributed by atoms with Gasteiger partial charge in [-0.2, -0.15) is 0 Å². The van der Waals surface area contributed by atoms with Crippen molar-refractivity contribution in [2.45, 2.75) is 0 Å². The summed E-state index contributed by atoms with van der Waals surface area (Å²) in [6.07, 6.45) is 0. The molecule has 0 bridgehead atoms. The first-order valence-electron chi connectivity index (χ1n) is 6.39. The average Bonchev–Trinajstić information content (AvgIpc) is 2.51.